The first kappa shape index (κ1) is 22.1. The highest BCUT2D eigenvalue weighted by Gasteiger charge is 2.19. The third-order valence-corrected chi connectivity index (χ3v) is 5.91. The van der Waals surface area contributed by atoms with Gasteiger partial charge in [-0.25, -0.2) is 0 Å². The van der Waals surface area contributed by atoms with Crippen LogP contribution in [-0.4, -0.2) is 49.7 Å². The lowest BCUT2D eigenvalue weighted by atomic mass is 10.0. The predicted octanol–water partition coefficient (Wildman–Crippen LogP) is 2.81. The van der Waals surface area contributed by atoms with Crippen molar-refractivity contribution in [2.75, 3.05) is 33.0 Å². The van der Waals surface area contributed by atoms with E-state index >= 15 is 0 Å². The Kier molecular flexibility index (Phi) is 7.61. The molecule has 170 valence electrons. The zero-order valence-electron chi connectivity index (χ0n) is 18.3. The van der Waals surface area contributed by atoms with Crippen molar-refractivity contribution < 1.29 is 19.1 Å². The van der Waals surface area contributed by atoms with Gasteiger partial charge in [0, 0.05) is 32.1 Å². The first-order valence-corrected chi connectivity index (χ1v) is 11.4. The van der Waals surface area contributed by atoms with Crippen LogP contribution in [0.5, 0.6) is 11.5 Å². The molecular formula is C25H31N3O4. The molecule has 2 aromatic carbocycles. The Balaban J connectivity index is 1.37. The molecule has 2 amide bonds. The standard InChI is InChI=1S/C25H31N3O4/c29-24-17-21(20-7-2-1-3-8-20)26-12-6-14-28(13-5-4-11-27-24)25(30)16-19-9-10-22-23(15-19)32-18-31-22/h1-3,7-10,15,21,26H,4-6,11-14,16-18H2,(H,27,29). The maximum absolute atomic E-state index is 13.1. The lowest BCUT2D eigenvalue weighted by Crippen LogP contribution is -2.36. The number of fused-ring (bicyclic) bond motifs is 1. The number of carbonyl (C=O) groups excluding carboxylic acids is 2. The molecular weight excluding hydrogens is 406 g/mol. The van der Waals surface area contributed by atoms with Crippen LogP contribution < -0.4 is 20.1 Å². The number of ether oxygens (including phenoxy) is 2. The lowest BCUT2D eigenvalue weighted by molar-refractivity contribution is -0.130. The minimum Gasteiger partial charge on any atom is -0.454 e. The molecule has 2 N–H and O–H groups in total. The van der Waals surface area contributed by atoms with Gasteiger partial charge in [-0.1, -0.05) is 36.4 Å². The van der Waals surface area contributed by atoms with Gasteiger partial charge in [0.25, 0.3) is 0 Å². The van der Waals surface area contributed by atoms with Gasteiger partial charge in [0.15, 0.2) is 11.5 Å². The Bertz CT molecular complexity index is 919. The van der Waals surface area contributed by atoms with Crippen molar-refractivity contribution in [3.8, 4) is 11.5 Å². The van der Waals surface area contributed by atoms with Gasteiger partial charge < -0.3 is 25.0 Å². The van der Waals surface area contributed by atoms with Crippen LogP contribution in [0.4, 0.5) is 0 Å². The summed E-state index contributed by atoms with van der Waals surface area (Å²) >= 11 is 0. The number of carbonyl (C=O) groups is 2. The highest BCUT2D eigenvalue weighted by molar-refractivity contribution is 5.79. The van der Waals surface area contributed by atoms with Crippen molar-refractivity contribution in [3.05, 3.63) is 59.7 Å². The normalized spacial score (nSPS) is 19.9. The minimum atomic E-state index is -0.0327. The average Bonchev–Trinajstić information content (AvgIpc) is 3.27. The van der Waals surface area contributed by atoms with E-state index in [1.165, 1.54) is 0 Å². The Morgan fingerprint density at radius 2 is 1.78 bits per heavy atom. The summed E-state index contributed by atoms with van der Waals surface area (Å²) in [7, 11) is 0. The highest BCUT2D eigenvalue weighted by Crippen LogP contribution is 2.32. The van der Waals surface area contributed by atoms with Crippen molar-refractivity contribution >= 4 is 11.8 Å². The number of benzene rings is 2. The molecule has 0 aromatic heterocycles. The smallest absolute Gasteiger partial charge is 0.231 e. The van der Waals surface area contributed by atoms with E-state index in [1.54, 1.807) is 0 Å². The SMILES string of the molecule is O=C1CC(c2ccccc2)NCCCN(C(=O)Cc2ccc3c(c2)OCO3)CCCCN1. The fourth-order valence-electron chi connectivity index (χ4n) is 4.15. The molecule has 0 saturated carbocycles. The monoisotopic (exact) mass is 437 g/mol. The molecule has 7 heteroatoms. The molecule has 2 aromatic rings. The van der Waals surface area contributed by atoms with Crippen molar-refractivity contribution in [2.24, 2.45) is 0 Å². The van der Waals surface area contributed by atoms with Crippen LogP contribution in [-0.2, 0) is 16.0 Å². The van der Waals surface area contributed by atoms with E-state index in [2.05, 4.69) is 10.6 Å². The molecule has 0 spiro atoms. The van der Waals surface area contributed by atoms with Gasteiger partial charge in [-0.3, -0.25) is 9.59 Å². The van der Waals surface area contributed by atoms with E-state index in [-0.39, 0.29) is 24.6 Å². The zero-order chi connectivity index (χ0) is 22.2. The zero-order valence-corrected chi connectivity index (χ0v) is 18.3. The molecule has 0 bridgehead atoms. The predicted molar refractivity (Wildman–Crippen MR) is 122 cm³/mol. The average molecular weight is 438 g/mol. The summed E-state index contributed by atoms with van der Waals surface area (Å²) in [6.45, 7) is 2.98. The Morgan fingerprint density at radius 1 is 0.969 bits per heavy atom. The fraction of sp³-hybridized carbons (Fsp3) is 0.440. The lowest BCUT2D eigenvalue weighted by Gasteiger charge is -2.24. The first-order valence-electron chi connectivity index (χ1n) is 11.4. The maximum atomic E-state index is 13.1. The summed E-state index contributed by atoms with van der Waals surface area (Å²) < 4.78 is 10.8. The summed E-state index contributed by atoms with van der Waals surface area (Å²) in [6, 6.07) is 15.7. The van der Waals surface area contributed by atoms with Crippen LogP contribution in [0.2, 0.25) is 0 Å². The van der Waals surface area contributed by atoms with Crippen LogP contribution in [0.1, 0.15) is 42.9 Å². The quantitative estimate of drug-likeness (QED) is 0.772. The number of rotatable bonds is 3. The molecule has 1 atom stereocenters. The van der Waals surface area contributed by atoms with Crippen LogP contribution in [0.25, 0.3) is 0 Å². The van der Waals surface area contributed by atoms with E-state index in [0.717, 1.165) is 42.7 Å². The minimum absolute atomic E-state index is 0.0327. The van der Waals surface area contributed by atoms with Gasteiger partial charge in [0.05, 0.1) is 6.42 Å². The van der Waals surface area contributed by atoms with Gasteiger partial charge in [-0.15, -0.1) is 0 Å². The highest BCUT2D eigenvalue weighted by atomic mass is 16.7. The molecule has 1 saturated heterocycles. The van der Waals surface area contributed by atoms with E-state index in [1.807, 2.05) is 53.4 Å². The van der Waals surface area contributed by atoms with Crippen molar-refractivity contribution in [2.45, 2.75) is 38.1 Å². The van der Waals surface area contributed by atoms with Gasteiger partial charge in [-0.2, -0.15) is 0 Å². The second-order valence-corrected chi connectivity index (χ2v) is 8.28. The maximum Gasteiger partial charge on any atom is 0.231 e. The van der Waals surface area contributed by atoms with Gasteiger partial charge >= 0.3 is 0 Å². The van der Waals surface area contributed by atoms with Crippen molar-refractivity contribution in [1.29, 1.82) is 0 Å². The molecule has 1 fully saturated rings. The Morgan fingerprint density at radius 3 is 2.66 bits per heavy atom. The third-order valence-electron chi connectivity index (χ3n) is 5.91. The van der Waals surface area contributed by atoms with Crippen LogP contribution in [0.15, 0.2) is 48.5 Å². The summed E-state index contributed by atoms with van der Waals surface area (Å²) in [5.41, 5.74) is 2.03. The summed E-state index contributed by atoms with van der Waals surface area (Å²) in [4.78, 5) is 27.4. The van der Waals surface area contributed by atoms with E-state index in [0.29, 0.717) is 38.2 Å². The number of amides is 2. The largest absolute Gasteiger partial charge is 0.454 e. The Labute approximate surface area is 189 Å². The number of hydrogen-bond acceptors (Lipinski definition) is 5. The molecule has 0 radical (unpaired) electrons. The number of nitrogens with one attached hydrogen (secondary N) is 2. The van der Waals surface area contributed by atoms with Crippen LogP contribution >= 0.6 is 0 Å². The summed E-state index contributed by atoms with van der Waals surface area (Å²) in [5, 5.41) is 6.53. The molecule has 7 nitrogen and oxygen atoms in total. The molecule has 1 unspecified atom stereocenters. The van der Waals surface area contributed by atoms with Gasteiger partial charge in [-0.05, 0) is 49.1 Å². The summed E-state index contributed by atoms with van der Waals surface area (Å²) in [5.74, 6) is 1.60. The second-order valence-electron chi connectivity index (χ2n) is 8.28. The molecule has 0 aliphatic carbocycles. The second kappa shape index (κ2) is 11.0. The Hall–Kier alpha value is -3.06. The van der Waals surface area contributed by atoms with Gasteiger partial charge in [0.1, 0.15) is 0 Å². The molecule has 4 rings (SSSR count). The van der Waals surface area contributed by atoms with Crippen LogP contribution in [0, 0.1) is 0 Å². The first-order chi connectivity index (χ1) is 15.7. The molecule has 2 aliphatic rings. The van der Waals surface area contributed by atoms with Crippen molar-refractivity contribution in [1.82, 2.24) is 15.5 Å². The fourth-order valence-corrected chi connectivity index (χ4v) is 4.15. The number of hydrogen-bond donors (Lipinski definition) is 2. The molecule has 32 heavy (non-hydrogen) atoms. The summed E-state index contributed by atoms with van der Waals surface area (Å²) in [6.07, 6.45) is 3.30. The van der Waals surface area contributed by atoms with Crippen molar-refractivity contribution in [3.63, 3.8) is 0 Å². The van der Waals surface area contributed by atoms with Crippen LogP contribution in [0.3, 0.4) is 0 Å². The van der Waals surface area contributed by atoms with E-state index in [9.17, 15) is 9.59 Å². The van der Waals surface area contributed by atoms with E-state index in [4.69, 9.17) is 9.47 Å². The molecule has 2 heterocycles. The topological polar surface area (TPSA) is 79.9 Å². The third kappa shape index (κ3) is 6.01. The van der Waals surface area contributed by atoms with Gasteiger partial charge in [0.2, 0.25) is 18.6 Å². The molecule has 2 aliphatic heterocycles. The van der Waals surface area contributed by atoms with E-state index < -0.39 is 0 Å². The number of nitrogens with zero attached hydrogens (tertiary/aromatic N) is 1.